The normalized spacial score (nSPS) is 10.8. The van der Waals surface area contributed by atoms with Crippen molar-refractivity contribution in [1.29, 1.82) is 0 Å². The number of hydrogen-bond acceptors (Lipinski definition) is 2. The Kier molecular flexibility index (Phi) is 5.38. The van der Waals surface area contributed by atoms with Crippen LogP contribution < -0.4 is 9.47 Å². The van der Waals surface area contributed by atoms with Crippen molar-refractivity contribution in [1.82, 2.24) is 0 Å². The van der Waals surface area contributed by atoms with Crippen LogP contribution in [0.3, 0.4) is 0 Å². The SMILES string of the molecule is CCOc1c(CCl)c(CCl)c(OCC)c2ccccc12. The van der Waals surface area contributed by atoms with Gasteiger partial charge in [0.15, 0.2) is 0 Å². The molecule has 0 aliphatic heterocycles. The zero-order valence-corrected chi connectivity index (χ0v) is 13.2. The fraction of sp³-hybridized carbons (Fsp3) is 0.375. The van der Waals surface area contributed by atoms with Crippen LogP contribution in [0.4, 0.5) is 0 Å². The molecule has 0 amide bonds. The third kappa shape index (κ3) is 2.68. The number of ether oxygens (including phenoxy) is 2. The van der Waals surface area contributed by atoms with Gasteiger partial charge in [-0.1, -0.05) is 24.3 Å². The lowest BCUT2D eigenvalue weighted by molar-refractivity contribution is 0.332. The van der Waals surface area contributed by atoms with E-state index in [9.17, 15) is 0 Å². The maximum absolute atomic E-state index is 6.13. The third-order valence-electron chi connectivity index (χ3n) is 3.17. The van der Waals surface area contributed by atoms with Crippen molar-refractivity contribution in [2.24, 2.45) is 0 Å². The zero-order chi connectivity index (χ0) is 14.5. The lowest BCUT2D eigenvalue weighted by atomic mass is 9.99. The second-order valence-corrected chi connectivity index (χ2v) is 4.83. The Bertz CT molecular complexity index is 544. The summed E-state index contributed by atoms with van der Waals surface area (Å²) < 4.78 is 11.6. The van der Waals surface area contributed by atoms with E-state index in [1.54, 1.807) is 0 Å². The van der Waals surface area contributed by atoms with Crippen LogP contribution in [0.15, 0.2) is 24.3 Å². The highest BCUT2D eigenvalue weighted by Crippen LogP contribution is 2.42. The number of benzene rings is 2. The average molecular weight is 313 g/mol. The van der Waals surface area contributed by atoms with E-state index in [1.807, 2.05) is 38.1 Å². The first kappa shape index (κ1) is 15.3. The first-order valence-corrected chi connectivity index (χ1v) is 7.79. The van der Waals surface area contributed by atoms with Gasteiger partial charge in [0.1, 0.15) is 11.5 Å². The second kappa shape index (κ2) is 7.05. The zero-order valence-electron chi connectivity index (χ0n) is 11.7. The summed E-state index contributed by atoms with van der Waals surface area (Å²) in [5.41, 5.74) is 1.84. The molecule has 0 saturated heterocycles. The van der Waals surface area contributed by atoms with Crippen LogP contribution in [0.25, 0.3) is 10.8 Å². The lowest BCUT2D eigenvalue weighted by Crippen LogP contribution is -2.04. The molecule has 0 unspecified atom stereocenters. The predicted molar refractivity (Wildman–Crippen MR) is 85.4 cm³/mol. The highest BCUT2D eigenvalue weighted by Gasteiger charge is 2.20. The van der Waals surface area contributed by atoms with Crippen LogP contribution in [0.1, 0.15) is 25.0 Å². The molecule has 0 N–H and O–H groups in total. The fourth-order valence-electron chi connectivity index (χ4n) is 2.38. The molecule has 0 spiro atoms. The molecule has 4 heteroatoms. The summed E-state index contributed by atoms with van der Waals surface area (Å²) in [4.78, 5) is 0. The van der Waals surface area contributed by atoms with Gasteiger partial charge in [0.2, 0.25) is 0 Å². The van der Waals surface area contributed by atoms with Gasteiger partial charge in [0.05, 0.1) is 25.0 Å². The molecule has 2 aromatic carbocycles. The first-order valence-electron chi connectivity index (χ1n) is 6.72. The molecule has 2 rings (SSSR count). The number of fused-ring (bicyclic) bond motifs is 1. The number of alkyl halides is 2. The van der Waals surface area contributed by atoms with E-state index >= 15 is 0 Å². The summed E-state index contributed by atoms with van der Waals surface area (Å²) in [6.45, 7) is 5.10. The Balaban J connectivity index is 2.85. The number of rotatable bonds is 6. The van der Waals surface area contributed by atoms with Crippen molar-refractivity contribution in [3.8, 4) is 11.5 Å². The smallest absolute Gasteiger partial charge is 0.132 e. The van der Waals surface area contributed by atoms with E-state index in [4.69, 9.17) is 32.7 Å². The maximum atomic E-state index is 6.13. The molecule has 0 radical (unpaired) electrons. The van der Waals surface area contributed by atoms with Crippen LogP contribution in [0.5, 0.6) is 11.5 Å². The Labute approximate surface area is 129 Å². The van der Waals surface area contributed by atoms with Crippen LogP contribution in [0.2, 0.25) is 0 Å². The summed E-state index contributed by atoms with van der Waals surface area (Å²) in [6, 6.07) is 8.02. The van der Waals surface area contributed by atoms with Crippen molar-refractivity contribution in [3.05, 3.63) is 35.4 Å². The molecule has 0 bridgehead atoms. The van der Waals surface area contributed by atoms with Crippen molar-refractivity contribution in [2.45, 2.75) is 25.6 Å². The molecule has 20 heavy (non-hydrogen) atoms. The molecule has 0 aromatic heterocycles. The standard InChI is InChI=1S/C16H18Cl2O2/c1-3-19-15-11-7-5-6-8-12(11)16(20-4-2)14(10-18)13(15)9-17/h5-8H,3-4,9-10H2,1-2H3. The Hall–Kier alpha value is -1.12. The van der Waals surface area contributed by atoms with Crippen molar-refractivity contribution in [3.63, 3.8) is 0 Å². The highest BCUT2D eigenvalue weighted by atomic mass is 35.5. The molecule has 0 saturated carbocycles. The summed E-state index contributed by atoms with van der Waals surface area (Å²) in [5, 5.41) is 2.03. The van der Waals surface area contributed by atoms with Gasteiger partial charge in [-0.3, -0.25) is 0 Å². The topological polar surface area (TPSA) is 18.5 Å². The summed E-state index contributed by atoms with van der Waals surface area (Å²) in [7, 11) is 0. The van der Waals surface area contributed by atoms with Crippen LogP contribution in [-0.2, 0) is 11.8 Å². The number of hydrogen-bond donors (Lipinski definition) is 0. The van der Waals surface area contributed by atoms with Crippen LogP contribution in [-0.4, -0.2) is 13.2 Å². The molecule has 2 nitrogen and oxygen atoms in total. The minimum Gasteiger partial charge on any atom is -0.493 e. The molecule has 0 fully saturated rings. The third-order valence-corrected chi connectivity index (χ3v) is 3.71. The van der Waals surface area contributed by atoms with E-state index in [2.05, 4.69) is 0 Å². The van der Waals surface area contributed by atoms with Gasteiger partial charge in [-0.05, 0) is 13.8 Å². The van der Waals surface area contributed by atoms with Crippen molar-refractivity contribution >= 4 is 34.0 Å². The Morgan fingerprint density at radius 1 is 0.800 bits per heavy atom. The predicted octanol–water partition coefficient (Wildman–Crippen LogP) is 5.11. The van der Waals surface area contributed by atoms with Gasteiger partial charge in [0, 0.05) is 21.9 Å². The van der Waals surface area contributed by atoms with E-state index in [0.29, 0.717) is 25.0 Å². The molecule has 0 aliphatic rings. The summed E-state index contributed by atoms with van der Waals surface area (Å²) in [5.74, 6) is 2.33. The molecule has 0 heterocycles. The monoisotopic (exact) mass is 312 g/mol. The maximum Gasteiger partial charge on any atom is 0.132 e. The largest absolute Gasteiger partial charge is 0.493 e. The van der Waals surface area contributed by atoms with Crippen LogP contribution >= 0.6 is 23.2 Å². The Morgan fingerprint density at radius 2 is 1.20 bits per heavy atom. The minimum absolute atomic E-state index is 0.349. The van der Waals surface area contributed by atoms with E-state index in [1.165, 1.54) is 0 Å². The quantitative estimate of drug-likeness (QED) is 0.690. The molecule has 0 atom stereocenters. The second-order valence-electron chi connectivity index (χ2n) is 4.29. The number of halogens is 2. The first-order chi connectivity index (χ1) is 9.78. The Morgan fingerprint density at radius 3 is 1.50 bits per heavy atom. The summed E-state index contributed by atoms with van der Waals surface area (Å²) in [6.07, 6.45) is 0. The van der Waals surface area contributed by atoms with Gasteiger partial charge in [-0.15, -0.1) is 23.2 Å². The average Bonchev–Trinajstić information content (AvgIpc) is 2.49. The van der Waals surface area contributed by atoms with E-state index in [0.717, 1.165) is 33.4 Å². The van der Waals surface area contributed by atoms with Gasteiger partial charge in [-0.2, -0.15) is 0 Å². The highest BCUT2D eigenvalue weighted by molar-refractivity contribution is 6.20. The van der Waals surface area contributed by atoms with E-state index in [-0.39, 0.29) is 0 Å². The lowest BCUT2D eigenvalue weighted by Gasteiger charge is -2.20. The fourth-order valence-corrected chi connectivity index (χ4v) is 2.94. The van der Waals surface area contributed by atoms with Gasteiger partial charge in [-0.25, -0.2) is 0 Å². The van der Waals surface area contributed by atoms with Crippen molar-refractivity contribution in [2.75, 3.05) is 13.2 Å². The minimum atomic E-state index is 0.349. The van der Waals surface area contributed by atoms with Crippen molar-refractivity contribution < 1.29 is 9.47 Å². The van der Waals surface area contributed by atoms with Crippen LogP contribution in [0, 0.1) is 0 Å². The molecular weight excluding hydrogens is 295 g/mol. The molecular formula is C16H18Cl2O2. The van der Waals surface area contributed by atoms with Gasteiger partial charge < -0.3 is 9.47 Å². The summed E-state index contributed by atoms with van der Waals surface area (Å²) >= 11 is 12.3. The molecule has 108 valence electrons. The molecule has 0 aliphatic carbocycles. The molecule has 2 aromatic rings. The van der Waals surface area contributed by atoms with Gasteiger partial charge in [0.25, 0.3) is 0 Å². The van der Waals surface area contributed by atoms with E-state index < -0.39 is 0 Å². The van der Waals surface area contributed by atoms with Gasteiger partial charge >= 0.3 is 0 Å².